The van der Waals surface area contributed by atoms with E-state index in [-0.39, 0.29) is 23.5 Å². The molecule has 0 unspecified atom stereocenters. The van der Waals surface area contributed by atoms with Crippen LogP contribution in [0.5, 0.6) is 0 Å². The van der Waals surface area contributed by atoms with Gasteiger partial charge in [0.1, 0.15) is 5.88 Å². The number of hydrogen-bond donors (Lipinski definition) is 1. The number of Topliss-reactive ketones (excluding diaryl/α,β-unsaturated/α-hetero) is 1. The zero-order valence-electron chi connectivity index (χ0n) is 8.49. The van der Waals surface area contributed by atoms with E-state index in [0.29, 0.717) is 17.7 Å². The molecule has 0 bridgehead atoms. The number of carbonyl (C=O) groups is 2. The molecule has 1 N–H and O–H groups in total. The Morgan fingerprint density at radius 1 is 1.50 bits per heavy atom. The van der Waals surface area contributed by atoms with Crippen molar-refractivity contribution in [1.82, 2.24) is 9.97 Å². The second-order valence-corrected chi connectivity index (χ2v) is 3.78. The van der Waals surface area contributed by atoms with E-state index in [1.807, 2.05) is 0 Å². The maximum Gasteiger partial charge on any atom is 0.241 e. The summed E-state index contributed by atoms with van der Waals surface area (Å²) in [6, 6.07) is 0. The summed E-state index contributed by atoms with van der Waals surface area (Å²) in [5.41, 5.74) is 1.27. The normalized spacial score (nSPS) is 14.4. The minimum Gasteiger partial charge on any atom is -0.294 e. The molecule has 0 saturated heterocycles. The molecular formula is C10H10ClN3O2. The minimum atomic E-state index is -0.358. The van der Waals surface area contributed by atoms with Crippen molar-refractivity contribution in [2.24, 2.45) is 0 Å². The number of nitrogens with one attached hydrogen (secondary N) is 1. The predicted molar refractivity (Wildman–Crippen MR) is 58.7 cm³/mol. The van der Waals surface area contributed by atoms with Crippen molar-refractivity contribution >= 4 is 29.2 Å². The Morgan fingerprint density at radius 3 is 3.06 bits per heavy atom. The first-order valence-electron chi connectivity index (χ1n) is 4.95. The van der Waals surface area contributed by atoms with Crippen LogP contribution in [0.25, 0.3) is 0 Å². The average Bonchev–Trinajstić information content (AvgIpc) is 2.29. The summed E-state index contributed by atoms with van der Waals surface area (Å²) in [7, 11) is 0. The number of rotatable bonds is 2. The second kappa shape index (κ2) is 4.57. The van der Waals surface area contributed by atoms with Gasteiger partial charge in [-0.15, -0.1) is 11.6 Å². The van der Waals surface area contributed by atoms with Crippen molar-refractivity contribution in [3.8, 4) is 0 Å². The number of alkyl halides is 1. The van der Waals surface area contributed by atoms with Crippen LogP contribution in [0, 0.1) is 0 Å². The molecule has 0 spiro atoms. The van der Waals surface area contributed by atoms with Crippen molar-refractivity contribution in [3.05, 3.63) is 17.5 Å². The van der Waals surface area contributed by atoms with Gasteiger partial charge in [-0.25, -0.2) is 9.97 Å². The van der Waals surface area contributed by atoms with Crippen LogP contribution in [-0.2, 0) is 11.2 Å². The summed E-state index contributed by atoms with van der Waals surface area (Å²) in [5, 5.41) is 2.45. The number of carbonyl (C=O) groups excluding carboxylic acids is 2. The van der Waals surface area contributed by atoms with Crippen LogP contribution in [0.2, 0.25) is 0 Å². The molecule has 0 aromatic carbocycles. The lowest BCUT2D eigenvalue weighted by atomic mass is 9.96. The molecule has 5 nitrogen and oxygen atoms in total. The standard InChI is InChI=1S/C10H10ClN3O2/c11-4-9(16)14-10-12-5-6-7(13-10)2-1-3-8(6)15/h5H,1-4H2,(H,12,13,14,16). The van der Waals surface area contributed by atoms with Gasteiger partial charge in [0, 0.05) is 12.6 Å². The molecule has 6 heteroatoms. The molecule has 1 aliphatic rings. The number of aryl methyl sites for hydroxylation is 1. The molecule has 16 heavy (non-hydrogen) atoms. The molecule has 84 valence electrons. The van der Waals surface area contributed by atoms with Crippen molar-refractivity contribution in [2.45, 2.75) is 19.3 Å². The fourth-order valence-electron chi connectivity index (χ4n) is 1.61. The molecular weight excluding hydrogens is 230 g/mol. The Labute approximate surface area is 97.2 Å². The Balaban J connectivity index is 2.25. The van der Waals surface area contributed by atoms with Crippen molar-refractivity contribution in [1.29, 1.82) is 0 Å². The number of aromatic nitrogens is 2. The molecule has 2 rings (SSSR count). The lowest BCUT2D eigenvalue weighted by Crippen LogP contribution is -2.18. The highest BCUT2D eigenvalue weighted by Gasteiger charge is 2.19. The molecule has 0 radical (unpaired) electrons. The summed E-state index contributed by atoms with van der Waals surface area (Å²) >= 11 is 5.35. The van der Waals surface area contributed by atoms with E-state index in [9.17, 15) is 9.59 Å². The third kappa shape index (κ3) is 2.19. The van der Waals surface area contributed by atoms with E-state index in [1.54, 1.807) is 0 Å². The summed E-state index contributed by atoms with van der Waals surface area (Å²) in [6.07, 6.45) is 3.55. The summed E-state index contributed by atoms with van der Waals surface area (Å²) in [6.45, 7) is 0. The number of anilines is 1. The van der Waals surface area contributed by atoms with Gasteiger partial charge >= 0.3 is 0 Å². The fourth-order valence-corrected chi connectivity index (χ4v) is 1.68. The average molecular weight is 240 g/mol. The Morgan fingerprint density at radius 2 is 2.31 bits per heavy atom. The Kier molecular flexibility index (Phi) is 3.14. The van der Waals surface area contributed by atoms with E-state index in [4.69, 9.17) is 11.6 Å². The predicted octanol–water partition coefficient (Wildman–Crippen LogP) is 1.17. The summed E-state index contributed by atoms with van der Waals surface area (Å²) < 4.78 is 0. The zero-order valence-corrected chi connectivity index (χ0v) is 9.25. The zero-order chi connectivity index (χ0) is 11.5. The van der Waals surface area contributed by atoms with Crippen LogP contribution in [-0.4, -0.2) is 27.5 Å². The van der Waals surface area contributed by atoms with Gasteiger partial charge in [-0.3, -0.25) is 14.9 Å². The van der Waals surface area contributed by atoms with Crippen LogP contribution < -0.4 is 5.32 Å². The molecule has 1 heterocycles. The Bertz CT molecular complexity index is 448. The molecule has 0 atom stereocenters. The van der Waals surface area contributed by atoms with Crippen LogP contribution in [0.15, 0.2) is 6.20 Å². The minimum absolute atomic E-state index is 0.0662. The van der Waals surface area contributed by atoms with Gasteiger partial charge in [0.2, 0.25) is 11.9 Å². The molecule has 0 saturated carbocycles. The van der Waals surface area contributed by atoms with E-state index in [2.05, 4.69) is 15.3 Å². The molecule has 1 aliphatic carbocycles. The highest BCUT2D eigenvalue weighted by atomic mass is 35.5. The number of nitrogens with zero attached hydrogens (tertiary/aromatic N) is 2. The first-order chi connectivity index (χ1) is 7.70. The van der Waals surface area contributed by atoms with Gasteiger partial charge in [0.05, 0.1) is 11.3 Å². The molecule has 0 fully saturated rings. The van der Waals surface area contributed by atoms with Crippen molar-refractivity contribution < 1.29 is 9.59 Å². The second-order valence-electron chi connectivity index (χ2n) is 3.51. The fraction of sp³-hybridized carbons (Fsp3) is 0.400. The van der Waals surface area contributed by atoms with E-state index >= 15 is 0 Å². The van der Waals surface area contributed by atoms with Gasteiger partial charge in [-0.05, 0) is 12.8 Å². The first-order valence-corrected chi connectivity index (χ1v) is 5.49. The van der Waals surface area contributed by atoms with Crippen LogP contribution >= 0.6 is 11.6 Å². The lowest BCUT2D eigenvalue weighted by Gasteiger charge is -2.13. The summed E-state index contributed by atoms with van der Waals surface area (Å²) in [5.74, 6) is -0.223. The maximum absolute atomic E-state index is 11.5. The van der Waals surface area contributed by atoms with Crippen LogP contribution in [0.3, 0.4) is 0 Å². The van der Waals surface area contributed by atoms with E-state index in [1.165, 1.54) is 6.20 Å². The molecule has 1 aromatic rings. The van der Waals surface area contributed by atoms with Gasteiger partial charge in [-0.2, -0.15) is 0 Å². The topological polar surface area (TPSA) is 72.0 Å². The first kappa shape index (κ1) is 11.0. The van der Waals surface area contributed by atoms with Gasteiger partial charge < -0.3 is 0 Å². The summed E-state index contributed by atoms with van der Waals surface area (Å²) in [4.78, 5) is 30.5. The largest absolute Gasteiger partial charge is 0.294 e. The maximum atomic E-state index is 11.5. The van der Waals surface area contributed by atoms with Crippen molar-refractivity contribution in [2.75, 3.05) is 11.2 Å². The van der Waals surface area contributed by atoms with E-state index < -0.39 is 0 Å². The van der Waals surface area contributed by atoms with Crippen LogP contribution in [0.1, 0.15) is 28.9 Å². The third-order valence-corrected chi connectivity index (χ3v) is 2.60. The SMILES string of the molecule is O=C(CCl)Nc1ncc2c(n1)CCCC2=O. The number of halogens is 1. The molecule has 1 amide bonds. The highest BCUT2D eigenvalue weighted by Crippen LogP contribution is 2.19. The van der Waals surface area contributed by atoms with Gasteiger partial charge in [0.25, 0.3) is 0 Å². The Hall–Kier alpha value is -1.49. The van der Waals surface area contributed by atoms with Gasteiger partial charge in [0.15, 0.2) is 5.78 Å². The lowest BCUT2D eigenvalue weighted by molar-refractivity contribution is -0.114. The van der Waals surface area contributed by atoms with Crippen LogP contribution in [0.4, 0.5) is 5.95 Å². The highest BCUT2D eigenvalue weighted by molar-refractivity contribution is 6.28. The quantitative estimate of drug-likeness (QED) is 0.787. The number of ketones is 1. The molecule has 1 aromatic heterocycles. The monoisotopic (exact) mass is 239 g/mol. The number of amides is 1. The smallest absolute Gasteiger partial charge is 0.241 e. The van der Waals surface area contributed by atoms with Crippen molar-refractivity contribution in [3.63, 3.8) is 0 Å². The molecule has 0 aliphatic heterocycles. The third-order valence-electron chi connectivity index (χ3n) is 2.36. The van der Waals surface area contributed by atoms with E-state index in [0.717, 1.165) is 12.8 Å². The number of fused-ring (bicyclic) bond motifs is 1. The van der Waals surface area contributed by atoms with Gasteiger partial charge in [-0.1, -0.05) is 0 Å². The number of hydrogen-bond acceptors (Lipinski definition) is 4.